The number of alkyl halides is 3. The zero-order valence-corrected chi connectivity index (χ0v) is 10.1. The van der Waals surface area contributed by atoms with Crippen molar-refractivity contribution in [2.45, 2.75) is 11.3 Å². The molecule has 0 fully saturated rings. The molecule has 1 aromatic rings. The van der Waals surface area contributed by atoms with Crippen LogP contribution in [0, 0.1) is 0 Å². The second-order valence-corrected chi connectivity index (χ2v) is 5.69. The standard InChI is InChI=1S/C7H4Cl2F3NO3S/c8-5-4(17(9,14)15)2-1-3(13)6(5)16-7(10,11)12/h1-2H,13H2. The lowest BCUT2D eigenvalue weighted by atomic mass is 10.3. The lowest BCUT2D eigenvalue weighted by molar-refractivity contribution is -0.274. The fourth-order valence-corrected chi connectivity index (χ4v) is 2.52. The van der Waals surface area contributed by atoms with Crippen LogP contribution in [0.1, 0.15) is 0 Å². The maximum Gasteiger partial charge on any atom is 0.573 e. The van der Waals surface area contributed by atoms with E-state index in [1.807, 2.05) is 0 Å². The van der Waals surface area contributed by atoms with Gasteiger partial charge >= 0.3 is 6.36 Å². The molecule has 96 valence electrons. The van der Waals surface area contributed by atoms with E-state index in [4.69, 9.17) is 28.0 Å². The van der Waals surface area contributed by atoms with Crippen molar-refractivity contribution in [1.82, 2.24) is 0 Å². The summed E-state index contributed by atoms with van der Waals surface area (Å²) in [7, 11) is 0.679. The molecule has 0 atom stereocenters. The van der Waals surface area contributed by atoms with Crippen molar-refractivity contribution in [3.8, 4) is 5.75 Å². The number of nitrogens with two attached hydrogens (primary N) is 1. The smallest absolute Gasteiger partial charge is 0.402 e. The van der Waals surface area contributed by atoms with Gasteiger partial charge in [0.05, 0.1) is 5.69 Å². The van der Waals surface area contributed by atoms with Crippen LogP contribution in [0.25, 0.3) is 0 Å². The highest BCUT2D eigenvalue weighted by molar-refractivity contribution is 8.13. The number of rotatable bonds is 2. The predicted octanol–water partition coefficient (Wildman–Crippen LogP) is 2.75. The Labute approximate surface area is 103 Å². The number of benzene rings is 1. The van der Waals surface area contributed by atoms with E-state index in [1.54, 1.807) is 0 Å². The van der Waals surface area contributed by atoms with Crippen LogP contribution >= 0.6 is 22.3 Å². The van der Waals surface area contributed by atoms with Crippen molar-refractivity contribution in [2.24, 2.45) is 0 Å². The minimum Gasteiger partial charge on any atom is -0.402 e. The highest BCUT2D eigenvalue weighted by Crippen LogP contribution is 2.40. The molecule has 0 aromatic heterocycles. The summed E-state index contributed by atoms with van der Waals surface area (Å²) in [5.74, 6) is -0.999. The molecule has 1 rings (SSSR count). The third-order valence-electron chi connectivity index (χ3n) is 1.57. The zero-order chi connectivity index (χ0) is 13.4. The van der Waals surface area contributed by atoms with Crippen molar-refractivity contribution < 1.29 is 26.3 Å². The molecule has 0 aliphatic carbocycles. The lowest BCUT2D eigenvalue weighted by Gasteiger charge is -2.13. The maximum absolute atomic E-state index is 12.0. The Hall–Kier alpha value is -0.860. The van der Waals surface area contributed by atoms with Crippen LogP contribution in [0.15, 0.2) is 17.0 Å². The van der Waals surface area contributed by atoms with Gasteiger partial charge < -0.3 is 10.5 Å². The van der Waals surface area contributed by atoms with Crippen LogP contribution in [-0.2, 0) is 9.05 Å². The first kappa shape index (κ1) is 14.2. The molecular formula is C7H4Cl2F3NO3S. The van der Waals surface area contributed by atoms with E-state index >= 15 is 0 Å². The molecule has 0 bridgehead atoms. The molecule has 0 saturated carbocycles. The zero-order valence-electron chi connectivity index (χ0n) is 7.75. The number of hydrogen-bond acceptors (Lipinski definition) is 4. The maximum atomic E-state index is 12.0. The van der Waals surface area contributed by atoms with Gasteiger partial charge in [0.2, 0.25) is 0 Å². The van der Waals surface area contributed by atoms with Gasteiger partial charge in [0, 0.05) is 10.7 Å². The molecule has 10 heteroatoms. The van der Waals surface area contributed by atoms with Gasteiger partial charge in [0.15, 0.2) is 5.75 Å². The Kier molecular flexibility index (Phi) is 3.70. The summed E-state index contributed by atoms with van der Waals surface area (Å²) in [6.45, 7) is 0. The van der Waals surface area contributed by atoms with Crippen LogP contribution in [0.2, 0.25) is 5.02 Å². The molecule has 0 aliphatic heterocycles. The molecule has 0 amide bonds. The van der Waals surface area contributed by atoms with Gasteiger partial charge in [-0.1, -0.05) is 11.6 Å². The van der Waals surface area contributed by atoms with Gasteiger partial charge in [-0.25, -0.2) is 8.42 Å². The van der Waals surface area contributed by atoms with Crippen LogP contribution in [0.3, 0.4) is 0 Å². The highest BCUT2D eigenvalue weighted by atomic mass is 35.7. The number of ether oxygens (including phenoxy) is 1. The summed E-state index contributed by atoms with van der Waals surface area (Å²) >= 11 is 5.44. The first-order chi connectivity index (χ1) is 7.52. The second-order valence-electron chi connectivity index (χ2n) is 2.78. The quantitative estimate of drug-likeness (QED) is 0.673. The van der Waals surface area contributed by atoms with E-state index in [0.717, 1.165) is 12.1 Å². The minimum absolute atomic E-state index is 0.462. The Morgan fingerprint density at radius 3 is 2.24 bits per heavy atom. The first-order valence-corrected chi connectivity index (χ1v) is 6.49. The molecule has 2 N–H and O–H groups in total. The fraction of sp³-hybridized carbons (Fsp3) is 0.143. The van der Waals surface area contributed by atoms with Crippen LogP contribution in [-0.4, -0.2) is 14.8 Å². The second kappa shape index (κ2) is 4.43. The number of anilines is 1. The normalized spacial score (nSPS) is 12.5. The Morgan fingerprint density at radius 2 is 1.82 bits per heavy atom. The van der Waals surface area contributed by atoms with Crippen molar-refractivity contribution in [3.63, 3.8) is 0 Å². The molecule has 17 heavy (non-hydrogen) atoms. The molecule has 0 spiro atoms. The lowest BCUT2D eigenvalue weighted by Crippen LogP contribution is -2.18. The molecule has 4 nitrogen and oxygen atoms in total. The third kappa shape index (κ3) is 3.55. The molecular weight excluding hydrogens is 306 g/mol. The Balaban J connectivity index is 3.41. The van der Waals surface area contributed by atoms with Crippen molar-refractivity contribution in [1.29, 1.82) is 0 Å². The van der Waals surface area contributed by atoms with Crippen molar-refractivity contribution in [3.05, 3.63) is 17.2 Å². The summed E-state index contributed by atoms with van der Waals surface area (Å²) in [5.41, 5.74) is 4.73. The van der Waals surface area contributed by atoms with Gasteiger partial charge in [0.25, 0.3) is 9.05 Å². The first-order valence-electron chi connectivity index (χ1n) is 3.81. The Bertz CT molecular complexity index is 544. The van der Waals surface area contributed by atoms with Crippen LogP contribution in [0.4, 0.5) is 18.9 Å². The average molecular weight is 310 g/mol. The summed E-state index contributed by atoms with van der Waals surface area (Å²) in [6.07, 6.45) is -5.05. The monoisotopic (exact) mass is 309 g/mol. The van der Waals surface area contributed by atoms with Gasteiger partial charge in [0.1, 0.15) is 9.92 Å². The van der Waals surface area contributed by atoms with Gasteiger partial charge in [-0.2, -0.15) is 0 Å². The topological polar surface area (TPSA) is 69.4 Å². The Morgan fingerprint density at radius 1 is 1.29 bits per heavy atom. The third-order valence-corrected chi connectivity index (χ3v) is 3.42. The molecule has 0 unspecified atom stereocenters. The molecule has 0 aliphatic rings. The molecule has 0 saturated heterocycles. The highest BCUT2D eigenvalue weighted by Gasteiger charge is 2.34. The van der Waals surface area contributed by atoms with Crippen molar-refractivity contribution >= 4 is 37.0 Å². The van der Waals surface area contributed by atoms with E-state index in [1.165, 1.54) is 0 Å². The fourth-order valence-electron chi connectivity index (χ4n) is 0.961. The van der Waals surface area contributed by atoms with Crippen LogP contribution < -0.4 is 10.5 Å². The summed E-state index contributed by atoms with van der Waals surface area (Å²) < 4.78 is 61.5. The average Bonchev–Trinajstić information content (AvgIpc) is 2.08. The molecule has 0 radical (unpaired) electrons. The van der Waals surface area contributed by atoms with Gasteiger partial charge in [-0.15, -0.1) is 13.2 Å². The summed E-state index contributed by atoms with van der Waals surface area (Å²) in [6, 6.07) is 1.77. The van der Waals surface area contributed by atoms with E-state index in [9.17, 15) is 21.6 Å². The number of halogens is 5. The molecule has 0 heterocycles. The minimum atomic E-state index is -5.05. The van der Waals surface area contributed by atoms with E-state index in [2.05, 4.69) is 4.74 Å². The number of hydrogen-bond donors (Lipinski definition) is 1. The predicted molar refractivity (Wildman–Crippen MR) is 55.6 cm³/mol. The van der Waals surface area contributed by atoms with Crippen molar-refractivity contribution in [2.75, 3.05) is 5.73 Å². The summed E-state index contributed by atoms with van der Waals surface area (Å²) in [5, 5.41) is -0.822. The van der Waals surface area contributed by atoms with Crippen LogP contribution in [0.5, 0.6) is 5.75 Å². The van der Waals surface area contributed by atoms with E-state index in [0.29, 0.717) is 0 Å². The molecule has 1 aromatic carbocycles. The number of nitrogen functional groups attached to an aromatic ring is 1. The van der Waals surface area contributed by atoms with Gasteiger partial charge in [-0.3, -0.25) is 0 Å². The largest absolute Gasteiger partial charge is 0.573 e. The van der Waals surface area contributed by atoms with E-state index in [-0.39, 0.29) is 0 Å². The van der Waals surface area contributed by atoms with Gasteiger partial charge in [-0.05, 0) is 12.1 Å². The van der Waals surface area contributed by atoms with E-state index < -0.39 is 36.8 Å². The SMILES string of the molecule is Nc1ccc(S(=O)(=O)Cl)c(Cl)c1OC(F)(F)F. The summed E-state index contributed by atoms with van der Waals surface area (Å²) in [4.78, 5) is -0.714.